The maximum atomic E-state index is 8.95. The summed E-state index contributed by atoms with van der Waals surface area (Å²) in [5.41, 5.74) is 0. The monoisotopic (exact) mass is 186 g/mol. The van der Waals surface area contributed by atoms with Gasteiger partial charge in [-0.15, -0.1) is 0 Å². The van der Waals surface area contributed by atoms with Crippen LogP contribution in [0.25, 0.3) is 0 Å². The van der Waals surface area contributed by atoms with E-state index in [-0.39, 0.29) is 12.4 Å². The van der Waals surface area contributed by atoms with Crippen molar-refractivity contribution in [3.8, 4) is 0 Å². The highest BCUT2D eigenvalue weighted by molar-refractivity contribution is 4.86. The molecule has 0 aromatic carbocycles. The first-order valence-corrected chi connectivity index (χ1v) is 5.26. The number of rotatable bonds is 2. The second kappa shape index (κ2) is 3.95. The van der Waals surface area contributed by atoms with Gasteiger partial charge in [0.15, 0.2) is 5.79 Å². The van der Waals surface area contributed by atoms with Gasteiger partial charge in [0, 0.05) is 18.9 Å². The minimum atomic E-state index is -0.318. The Balaban J connectivity index is 2.03. The quantitative estimate of drug-likeness (QED) is 0.706. The molecule has 1 spiro atoms. The van der Waals surface area contributed by atoms with Gasteiger partial charge in [-0.05, 0) is 19.3 Å². The first-order chi connectivity index (χ1) is 6.37. The van der Waals surface area contributed by atoms with Crippen LogP contribution in [0.2, 0.25) is 0 Å². The van der Waals surface area contributed by atoms with Crippen LogP contribution in [0.15, 0.2) is 0 Å². The van der Waals surface area contributed by atoms with Gasteiger partial charge < -0.3 is 14.6 Å². The van der Waals surface area contributed by atoms with Crippen molar-refractivity contribution in [1.29, 1.82) is 0 Å². The Morgan fingerprint density at radius 2 is 2.00 bits per heavy atom. The van der Waals surface area contributed by atoms with Crippen molar-refractivity contribution in [2.24, 2.45) is 5.92 Å². The van der Waals surface area contributed by atoms with Gasteiger partial charge >= 0.3 is 0 Å². The third kappa shape index (κ3) is 1.73. The highest BCUT2D eigenvalue weighted by Gasteiger charge is 2.45. The van der Waals surface area contributed by atoms with Crippen LogP contribution in [0.1, 0.15) is 32.1 Å². The fraction of sp³-hybridized carbons (Fsp3) is 1.00. The standard InChI is InChI=1S/C10H18O3/c11-6-4-9-3-1-2-5-10(9)12-7-8-13-10/h9,11H,1-8H2/t9-/m0/s1. The summed E-state index contributed by atoms with van der Waals surface area (Å²) in [7, 11) is 0. The van der Waals surface area contributed by atoms with E-state index in [0.717, 1.165) is 32.5 Å². The highest BCUT2D eigenvalue weighted by atomic mass is 16.7. The van der Waals surface area contributed by atoms with Crippen molar-refractivity contribution in [3.05, 3.63) is 0 Å². The second-order valence-corrected chi connectivity index (χ2v) is 3.96. The van der Waals surface area contributed by atoms with E-state index in [4.69, 9.17) is 14.6 Å². The first-order valence-electron chi connectivity index (χ1n) is 5.26. The fourth-order valence-electron chi connectivity index (χ4n) is 2.56. The van der Waals surface area contributed by atoms with Crippen LogP contribution in [-0.4, -0.2) is 30.7 Å². The van der Waals surface area contributed by atoms with E-state index in [0.29, 0.717) is 5.92 Å². The Morgan fingerprint density at radius 3 is 2.69 bits per heavy atom. The zero-order valence-corrected chi connectivity index (χ0v) is 8.00. The zero-order valence-electron chi connectivity index (χ0n) is 8.00. The van der Waals surface area contributed by atoms with E-state index in [1.807, 2.05) is 0 Å². The van der Waals surface area contributed by atoms with E-state index in [1.54, 1.807) is 0 Å². The predicted molar refractivity (Wildman–Crippen MR) is 48.3 cm³/mol. The van der Waals surface area contributed by atoms with Gasteiger partial charge in [0.1, 0.15) is 0 Å². The SMILES string of the molecule is OCC[C@@H]1CCCCC12OCCO2. The number of hydrogen-bond acceptors (Lipinski definition) is 3. The summed E-state index contributed by atoms with van der Waals surface area (Å²) in [5.74, 6) is 0.0924. The molecule has 3 heteroatoms. The van der Waals surface area contributed by atoms with Crippen molar-refractivity contribution in [2.45, 2.75) is 37.9 Å². The summed E-state index contributed by atoms with van der Waals surface area (Å²) in [6, 6.07) is 0. The van der Waals surface area contributed by atoms with Crippen molar-refractivity contribution in [3.63, 3.8) is 0 Å². The van der Waals surface area contributed by atoms with Crippen molar-refractivity contribution in [2.75, 3.05) is 19.8 Å². The molecule has 2 fully saturated rings. The molecule has 0 aromatic heterocycles. The molecule has 0 amide bonds. The second-order valence-electron chi connectivity index (χ2n) is 3.96. The Kier molecular flexibility index (Phi) is 2.86. The minimum Gasteiger partial charge on any atom is -0.396 e. The molecule has 3 nitrogen and oxygen atoms in total. The largest absolute Gasteiger partial charge is 0.396 e. The van der Waals surface area contributed by atoms with Crippen LogP contribution in [0, 0.1) is 5.92 Å². The lowest BCUT2D eigenvalue weighted by Gasteiger charge is -2.39. The molecule has 1 N–H and O–H groups in total. The van der Waals surface area contributed by atoms with Gasteiger partial charge in [-0.2, -0.15) is 0 Å². The lowest BCUT2D eigenvalue weighted by molar-refractivity contribution is -0.215. The Morgan fingerprint density at radius 1 is 1.23 bits per heavy atom. The zero-order chi connectivity index (χ0) is 9.15. The summed E-state index contributed by atoms with van der Waals surface area (Å²) < 4.78 is 11.4. The molecule has 0 radical (unpaired) electrons. The van der Waals surface area contributed by atoms with Crippen molar-refractivity contribution >= 4 is 0 Å². The smallest absolute Gasteiger partial charge is 0.171 e. The average molecular weight is 186 g/mol. The highest BCUT2D eigenvalue weighted by Crippen LogP contribution is 2.41. The number of aliphatic hydroxyl groups is 1. The van der Waals surface area contributed by atoms with Crippen LogP contribution >= 0.6 is 0 Å². The summed E-state index contributed by atoms with van der Waals surface area (Å²) >= 11 is 0. The molecule has 2 aliphatic rings. The predicted octanol–water partition coefficient (Wildman–Crippen LogP) is 1.30. The molecule has 1 saturated carbocycles. The van der Waals surface area contributed by atoms with Gasteiger partial charge in [-0.1, -0.05) is 6.42 Å². The van der Waals surface area contributed by atoms with Crippen molar-refractivity contribution in [1.82, 2.24) is 0 Å². The number of aliphatic hydroxyl groups excluding tert-OH is 1. The summed E-state index contributed by atoms with van der Waals surface area (Å²) in [5, 5.41) is 8.95. The van der Waals surface area contributed by atoms with Gasteiger partial charge in [-0.3, -0.25) is 0 Å². The minimum absolute atomic E-state index is 0.249. The van der Waals surface area contributed by atoms with Gasteiger partial charge in [0.2, 0.25) is 0 Å². The average Bonchev–Trinajstić information content (AvgIpc) is 2.59. The van der Waals surface area contributed by atoms with Crippen LogP contribution in [0.5, 0.6) is 0 Å². The normalized spacial score (nSPS) is 32.5. The van der Waals surface area contributed by atoms with Crippen molar-refractivity contribution < 1.29 is 14.6 Å². The van der Waals surface area contributed by atoms with Gasteiger partial charge in [-0.25, -0.2) is 0 Å². The van der Waals surface area contributed by atoms with Crippen LogP contribution in [0.4, 0.5) is 0 Å². The summed E-state index contributed by atoms with van der Waals surface area (Å²) in [6.07, 6.45) is 5.42. The Hall–Kier alpha value is -0.120. The molecule has 0 unspecified atom stereocenters. The molecule has 1 saturated heterocycles. The lowest BCUT2D eigenvalue weighted by atomic mass is 9.81. The number of hydrogen-bond donors (Lipinski definition) is 1. The van der Waals surface area contributed by atoms with Gasteiger partial charge in [0.05, 0.1) is 13.2 Å². The molecule has 0 aromatic rings. The molecule has 1 aliphatic heterocycles. The summed E-state index contributed by atoms with van der Waals surface area (Å²) in [6.45, 7) is 1.70. The van der Waals surface area contributed by atoms with Crippen LogP contribution < -0.4 is 0 Å². The van der Waals surface area contributed by atoms with E-state index < -0.39 is 0 Å². The molecule has 1 aliphatic carbocycles. The number of ether oxygens (including phenoxy) is 2. The maximum absolute atomic E-state index is 8.95. The van der Waals surface area contributed by atoms with E-state index >= 15 is 0 Å². The molecule has 76 valence electrons. The lowest BCUT2D eigenvalue weighted by Crippen LogP contribution is -2.42. The topological polar surface area (TPSA) is 38.7 Å². The molecule has 13 heavy (non-hydrogen) atoms. The maximum Gasteiger partial charge on any atom is 0.171 e. The Labute approximate surface area is 79.0 Å². The molecular weight excluding hydrogens is 168 g/mol. The molecule has 0 bridgehead atoms. The molecule has 2 rings (SSSR count). The Bertz CT molecular complexity index is 162. The van der Waals surface area contributed by atoms with Crippen LogP contribution in [0.3, 0.4) is 0 Å². The first kappa shape index (κ1) is 9.44. The molecule has 1 heterocycles. The van der Waals surface area contributed by atoms with Crippen LogP contribution in [-0.2, 0) is 9.47 Å². The molecular formula is C10H18O3. The fourth-order valence-corrected chi connectivity index (χ4v) is 2.56. The van der Waals surface area contributed by atoms with E-state index in [9.17, 15) is 0 Å². The summed E-state index contributed by atoms with van der Waals surface area (Å²) in [4.78, 5) is 0. The molecule has 1 atom stereocenters. The third-order valence-electron chi connectivity index (χ3n) is 3.20. The third-order valence-corrected chi connectivity index (χ3v) is 3.20. The van der Waals surface area contributed by atoms with E-state index in [1.165, 1.54) is 12.8 Å². The van der Waals surface area contributed by atoms with Gasteiger partial charge in [0.25, 0.3) is 0 Å². The van der Waals surface area contributed by atoms with E-state index in [2.05, 4.69) is 0 Å².